The molecule has 1 fully saturated rings. The van der Waals surface area contributed by atoms with Crippen LogP contribution in [0.3, 0.4) is 0 Å². The molecule has 0 spiro atoms. The smallest absolute Gasteiger partial charge is 0.161 e. The van der Waals surface area contributed by atoms with E-state index in [1.807, 2.05) is 16.4 Å². The van der Waals surface area contributed by atoms with E-state index >= 15 is 0 Å². The van der Waals surface area contributed by atoms with E-state index in [9.17, 15) is 0 Å². The minimum Gasteiger partial charge on any atom is -0.493 e. The molecule has 0 amide bonds. The van der Waals surface area contributed by atoms with E-state index in [1.165, 1.54) is 12.2 Å². The fourth-order valence-corrected chi connectivity index (χ4v) is 3.63. The molecule has 2 N–H and O–H groups in total. The number of thioether (sulfide) groups is 1. The van der Waals surface area contributed by atoms with Crippen LogP contribution in [0.5, 0.6) is 5.75 Å². The minimum atomic E-state index is 0.0500. The molecular formula is C12H21N3OS. The van der Waals surface area contributed by atoms with Gasteiger partial charge >= 0.3 is 0 Å². The lowest BCUT2D eigenvalue weighted by molar-refractivity contribution is 0.380. The molecule has 1 saturated heterocycles. The molecule has 5 heteroatoms. The van der Waals surface area contributed by atoms with E-state index in [-0.39, 0.29) is 6.04 Å². The number of nitrogens with zero attached hydrogens (tertiary/aromatic N) is 2. The van der Waals surface area contributed by atoms with Gasteiger partial charge in [0.15, 0.2) is 5.75 Å². The zero-order valence-electron chi connectivity index (χ0n) is 10.6. The Morgan fingerprint density at radius 1 is 1.71 bits per heavy atom. The SMILES string of the molecule is CCCn1ncc(OC)c1C(N)C1CCSC1. The number of ether oxygens (including phenoxy) is 1. The Balaban J connectivity index is 2.23. The second-order valence-electron chi connectivity index (χ2n) is 4.47. The van der Waals surface area contributed by atoms with Gasteiger partial charge in [-0.15, -0.1) is 0 Å². The number of rotatable bonds is 5. The van der Waals surface area contributed by atoms with Crippen molar-refractivity contribution in [3.8, 4) is 5.75 Å². The van der Waals surface area contributed by atoms with E-state index in [4.69, 9.17) is 10.5 Å². The highest BCUT2D eigenvalue weighted by molar-refractivity contribution is 7.99. The predicted octanol–water partition coefficient (Wildman–Crippen LogP) is 2.05. The monoisotopic (exact) mass is 255 g/mol. The summed E-state index contributed by atoms with van der Waals surface area (Å²) >= 11 is 1.99. The van der Waals surface area contributed by atoms with Crippen LogP contribution in [0.1, 0.15) is 31.5 Å². The predicted molar refractivity (Wildman–Crippen MR) is 71.4 cm³/mol. The first-order chi connectivity index (χ1) is 8.27. The normalized spacial score (nSPS) is 21.7. The largest absolute Gasteiger partial charge is 0.493 e. The summed E-state index contributed by atoms with van der Waals surface area (Å²) in [5.74, 6) is 3.77. The molecule has 96 valence electrons. The summed E-state index contributed by atoms with van der Waals surface area (Å²) < 4.78 is 7.39. The molecule has 1 aliphatic heterocycles. The topological polar surface area (TPSA) is 53.1 Å². The highest BCUT2D eigenvalue weighted by Gasteiger charge is 2.28. The first-order valence-corrected chi connectivity index (χ1v) is 7.36. The number of methoxy groups -OCH3 is 1. The van der Waals surface area contributed by atoms with Gasteiger partial charge in [0.25, 0.3) is 0 Å². The summed E-state index contributed by atoms with van der Waals surface area (Å²) in [7, 11) is 1.69. The van der Waals surface area contributed by atoms with E-state index in [1.54, 1.807) is 13.3 Å². The van der Waals surface area contributed by atoms with E-state index in [2.05, 4.69) is 12.0 Å². The lowest BCUT2D eigenvalue weighted by atomic mass is 9.97. The Morgan fingerprint density at radius 2 is 2.53 bits per heavy atom. The van der Waals surface area contributed by atoms with Gasteiger partial charge in [-0.2, -0.15) is 16.9 Å². The Hall–Kier alpha value is -0.680. The molecule has 0 bridgehead atoms. The van der Waals surface area contributed by atoms with Crippen molar-refractivity contribution in [2.45, 2.75) is 32.4 Å². The lowest BCUT2D eigenvalue weighted by Crippen LogP contribution is -2.25. The Kier molecular flexibility index (Phi) is 4.34. The van der Waals surface area contributed by atoms with Crippen molar-refractivity contribution in [2.24, 2.45) is 11.7 Å². The number of nitrogens with two attached hydrogens (primary N) is 1. The standard InChI is InChI=1S/C12H21N3OS/c1-3-5-15-12(10(16-2)7-14-15)11(13)9-4-6-17-8-9/h7,9,11H,3-6,8,13H2,1-2H3. The Labute approximate surface area is 107 Å². The highest BCUT2D eigenvalue weighted by Crippen LogP contribution is 2.36. The van der Waals surface area contributed by atoms with Gasteiger partial charge in [0, 0.05) is 6.54 Å². The number of hydrogen-bond donors (Lipinski definition) is 1. The zero-order valence-corrected chi connectivity index (χ0v) is 11.4. The zero-order chi connectivity index (χ0) is 12.3. The first-order valence-electron chi connectivity index (χ1n) is 6.21. The molecule has 0 aliphatic carbocycles. The maximum atomic E-state index is 6.40. The van der Waals surface area contributed by atoms with Gasteiger partial charge in [-0.3, -0.25) is 4.68 Å². The van der Waals surface area contributed by atoms with Crippen molar-refractivity contribution in [2.75, 3.05) is 18.6 Å². The summed E-state index contributed by atoms with van der Waals surface area (Å²) in [5, 5.41) is 4.37. The maximum Gasteiger partial charge on any atom is 0.161 e. The molecule has 0 radical (unpaired) electrons. The number of hydrogen-bond acceptors (Lipinski definition) is 4. The van der Waals surface area contributed by atoms with Crippen LogP contribution in [0.4, 0.5) is 0 Å². The highest BCUT2D eigenvalue weighted by atomic mass is 32.2. The van der Waals surface area contributed by atoms with Crippen LogP contribution < -0.4 is 10.5 Å². The third-order valence-corrected chi connectivity index (χ3v) is 4.48. The summed E-state index contributed by atoms with van der Waals surface area (Å²) in [6.45, 7) is 3.06. The average molecular weight is 255 g/mol. The third-order valence-electron chi connectivity index (χ3n) is 3.29. The van der Waals surface area contributed by atoms with Gasteiger partial charge in [-0.1, -0.05) is 6.92 Å². The fourth-order valence-electron chi connectivity index (χ4n) is 2.32. The molecule has 1 aromatic rings. The molecular weight excluding hydrogens is 234 g/mol. The fraction of sp³-hybridized carbons (Fsp3) is 0.750. The summed E-state index contributed by atoms with van der Waals surface area (Å²) in [6.07, 6.45) is 4.04. The van der Waals surface area contributed by atoms with Crippen LogP contribution in [0, 0.1) is 5.92 Å². The summed E-state index contributed by atoms with van der Waals surface area (Å²) in [4.78, 5) is 0. The van der Waals surface area contributed by atoms with E-state index in [0.29, 0.717) is 5.92 Å². The van der Waals surface area contributed by atoms with Gasteiger partial charge in [0.05, 0.1) is 25.0 Å². The van der Waals surface area contributed by atoms with Gasteiger partial charge in [0.1, 0.15) is 0 Å². The Bertz CT molecular complexity index is 361. The maximum absolute atomic E-state index is 6.40. The molecule has 2 unspecified atom stereocenters. The van der Waals surface area contributed by atoms with Crippen LogP contribution in [0.15, 0.2) is 6.20 Å². The van der Waals surface area contributed by atoms with Gasteiger partial charge in [0.2, 0.25) is 0 Å². The van der Waals surface area contributed by atoms with E-state index < -0.39 is 0 Å². The van der Waals surface area contributed by atoms with Crippen molar-refractivity contribution in [1.29, 1.82) is 0 Å². The van der Waals surface area contributed by atoms with Crippen LogP contribution in [0.25, 0.3) is 0 Å². The van der Waals surface area contributed by atoms with E-state index in [0.717, 1.165) is 30.2 Å². The molecule has 0 aromatic carbocycles. The summed E-state index contributed by atoms with van der Waals surface area (Å²) in [6, 6.07) is 0.0500. The summed E-state index contributed by atoms with van der Waals surface area (Å²) in [5.41, 5.74) is 7.47. The van der Waals surface area contributed by atoms with Gasteiger partial charge in [-0.05, 0) is 30.3 Å². The molecule has 2 heterocycles. The number of aryl methyl sites for hydroxylation is 1. The molecule has 1 aliphatic rings. The van der Waals surface area contributed by atoms with Crippen molar-refractivity contribution >= 4 is 11.8 Å². The quantitative estimate of drug-likeness (QED) is 0.875. The van der Waals surface area contributed by atoms with Crippen LogP contribution >= 0.6 is 11.8 Å². The van der Waals surface area contributed by atoms with Gasteiger partial charge < -0.3 is 10.5 Å². The van der Waals surface area contributed by atoms with Crippen molar-refractivity contribution in [1.82, 2.24) is 9.78 Å². The molecule has 2 rings (SSSR count). The Morgan fingerprint density at radius 3 is 3.12 bits per heavy atom. The minimum absolute atomic E-state index is 0.0500. The molecule has 17 heavy (non-hydrogen) atoms. The van der Waals surface area contributed by atoms with Crippen LogP contribution in [0.2, 0.25) is 0 Å². The average Bonchev–Trinajstić information content (AvgIpc) is 2.97. The molecule has 2 atom stereocenters. The first kappa shape index (κ1) is 12.8. The molecule has 0 saturated carbocycles. The number of aromatic nitrogens is 2. The lowest BCUT2D eigenvalue weighted by Gasteiger charge is -2.20. The second-order valence-corrected chi connectivity index (χ2v) is 5.62. The molecule has 1 aromatic heterocycles. The van der Waals surface area contributed by atoms with Crippen molar-refractivity contribution in [3.63, 3.8) is 0 Å². The molecule has 4 nitrogen and oxygen atoms in total. The third kappa shape index (κ3) is 2.60. The van der Waals surface area contributed by atoms with Crippen molar-refractivity contribution < 1.29 is 4.74 Å². The second kappa shape index (κ2) is 5.78. The van der Waals surface area contributed by atoms with Crippen LogP contribution in [-0.2, 0) is 6.54 Å². The van der Waals surface area contributed by atoms with Gasteiger partial charge in [-0.25, -0.2) is 0 Å². The van der Waals surface area contributed by atoms with Crippen LogP contribution in [-0.4, -0.2) is 28.4 Å². The van der Waals surface area contributed by atoms with Crippen molar-refractivity contribution in [3.05, 3.63) is 11.9 Å².